The van der Waals surface area contributed by atoms with E-state index in [1.54, 1.807) is 36.4 Å². The SMILES string of the molecule is COc1ccc(Cl)cc1C(=O)NNC(=O)c1ccc(CNC(=O)NC(C)C)cc1. The summed E-state index contributed by atoms with van der Waals surface area (Å²) in [7, 11) is 1.43. The monoisotopic (exact) mass is 418 g/mol. The quantitative estimate of drug-likeness (QED) is 0.541. The minimum absolute atomic E-state index is 0.0446. The molecule has 0 bridgehead atoms. The van der Waals surface area contributed by atoms with Gasteiger partial charge < -0.3 is 15.4 Å². The van der Waals surface area contributed by atoms with Gasteiger partial charge in [0.25, 0.3) is 11.8 Å². The number of urea groups is 1. The molecule has 0 saturated heterocycles. The van der Waals surface area contributed by atoms with Crippen molar-refractivity contribution in [2.45, 2.75) is 26.4 Å². The van der Waals surface area contributed by atoms with Crippen LogP contribution in [0, 0.1) is 0 Å². The summed E-state index contributed by atoms with van der Waals surface area (Å²) in [5.74, 6) is -0.717. The van der Waals surface area contributed by atoms with E-state index in [4.69, 9.17) is 16.3 Å². The van der Waals surface area contributed by atoms with Gasteiger partial charge in [-0.2, -0.15) is 0 Å². The normalized spacial score (nSPS) is 10.2. The molecule has 154 valence electrons. The maximum atomic E-state index is 12.3. The molecule has 0 aliphatic carbocycles. The van der Waals surface area contributed by atoms with Crippen molar-refractivity contribution < 1.29 is 19.1 Å². The minimum atomic E-state index is -0.560. The number of benzene rings is 2. The van der Waals surface area contributed by atoms with Gasteiger partial charge in [-0.1, -0.05) is 23.7 Å². The highest BCUT2D eigenvalue weighted by Gasteiger charge is 2.14. The van der Waals surface area contributed by atoms with Gasteiger partial charge >= 0.3 is 6.03 Å². The molecule has 2 rings (SSSR count). The summed E-state index contributed by atoms with van der Waals surface area (Å²) in [5, 5.41) is 5.81. The van der Waals surface area contributed by atoms with Crippen molar-refractivity contribution in [1.82, 2.24) is 21.5 Å². The second kappa shape index (κ2) is 10.3. The van der Waals surface area contributed by atoms with Crippen molar-refractivity contribution >= 4 is 29.4 Å². The summed E-state index contributed by atoms with van der Waals surface area (Å²) >= 11 is 5.91. The van der Waals surface area contributed by atoms with Crippen LogP contribution < -0.4 is 26.2 Å². The second-order valence-corrected chi connectivity index (χ2v) is 6.87. The molecule has 0 fully saturated rings. The fourth-order valence-electron chi connectivity index (χ4n) is 2.38. The second-order valence-electron chi connectivity index (χ2n) is 6.43. The Hall–Kier alpha value is -3.26. The van der Waals surface area contributed by atoms with Crippen LogP contribution in [-0.2, 0) is 6.54 Å². The zero-order valence-electron chi connectivity index (χ0n) is 16.3. The van der Waals surface area contributed by atoms with E-state index in [1.165, 1.54) is 13.2 Å². The van der Waals surface area contributed by atoms with E-state index in [2.05, 4.69) is 21.5 Å². The summed E-state index contributed by atoms with van der Waals surface area (Å²) < 4.78 is 5.12. The molecule has 0 aliphatic heterocycles. The van der Waals surface area contributed by atoms with E-state index < -0.39 is 11.8 Å². The number of carbonyl (C=O) groups excluding carboxylic acids is 3. The van der Waals surface area contributed by atoms with Gasteiger partial charge in [-0.3, -0.25) is 20.4 Å². The Morgan fingerprint density at radius 2 is 1.66 bits per heavy atom. The lowest BCUT2D eigenvalue weighted by Gasteiger charge is -2.11. The number of hydrogen-bond acceptors (Lipinski definition) is 4. The standard InChI is InChI=1S/C20H23ClN4O4/c1-12(2)23-20(28)22-11-13-4-6-14(7-5-13)18(26)24-25-19(27)16-10-15(21)8-9-17(16)29-3/h4-10,12H,11H2,1-3H3,(H,24,26)(H,25,27)(H2,22,23,28). The molecule has 0 unspecified atom stereocenters. The minimum Gasteiger partial charge on any atom is -0.496 e. The number of nitrogens with one attached hydrogen (secondary N) is 4. The van der Waals surface area contributed by atoms with E-state index in [0.717, 1.165) is 5.56 Å². The molecule has 0 spiro atoms. The molecule has 0 aliphatic rings. The number of methoxy groups -OCH3 is 1. The topological polar surface area (TPSA) is 109 Å². The third-order valence-electron chi connectivity index (χ3n) is 3.78. The van der Waals surface area contributed by atoms with Crippen LogP contribution in [0.3, 0.4) is 0 Å². The first-order valence-corrected chi connectivity index (χ1v) is 9.25. The van der Waals surface area contributed by atoms with Crippen LogP contribution in [0.4, 0.5) is 4.79 Å². The van der Waals surface area contributed by atoms with E-state index in [1.807, 2.05) is 13.8 Å². The van der Waals surface area contributed by atoms with Gasteiger partial charge in [-0.05, 0) is 49.7 Å². The van der Waals surface area contributed by atoms with Crippen LogP contribution in [-0.4, -0.2) is 31.0 Å². The molecule has 0 radical (unpaired) electrons. The zero-order chi connectivity index (χ0) is 21.4. The van der Waals surface area contributed by atoms with E-state index in [-0.39, 0.29) is 17.6 Å². The van der Waals surface area contributed by atoms with Crippen LogP contribution in [0.1, 0.15) is 40.1 Å². The lowest BCUT2D eigenvalue weighted by molar-refractivity contribution is 0.0845. The van der Waals surface area contributed by atoms with Crippen molar-refractivity contribution in [2.75, 3.05) is 7.11 Å². The highest BCUT2D eigenvalue weighted by atomic mass is 35.5. The van der Waals surface area contributed by atoms with Crippen molar-refractivity contribution in [2.24, 2.45) is 0 Å². The lowest BCUT2D eigenvalue weighted by atomic mass is 10.1. The molecule has 8 nitrogen and oxygen atoms in total. The van der Waals surface area contributed by atoms with Crippen molar-refractivity contribution in [3.63, 3.8) is 0 Å². The van der Waals surface area contributed by atoms with Crippen LogP contribution in [0.15, 0.2) is 42.5 Å². The zero-order valence-corrected chi connectivity index (χ0v) is 17.1. The number of ether oxygens (including phenoxy) is 1. The first kappa shape index (κ1) is 22.0. The molecule has 0 atom stereocenters. The Labute approximate surface area is 173 Å². The number of amides is 4. The van der Waals surface area contributed by atoms with Gasteiger partial charge in [0, 0.05) is 23.2 Å². The average molecular weight is 419 g/mol. The van der Waals surface area contributed by atoms with Gasteiger partial charge in [0.1, 0.15) is 5.75 Å². The van der Waals surface area contributed by atoms with Crippen LogP contribution in [0.5, 0.6) is 5.75 Å². The number of halogens is 1. The summed E-state index contributed by atoms with van der Waals surface area (Å²) in [5.41, 5.74) is 6.04. The Bertz CT molecular complexity index is 885. The molecule has 29 heavy (non-hydrogen) atoms. The maximum Gasteiger partial charge on any atom is 0.315 e. The Kier molecular flexibility index (Phi) is 7.85. The van der Waals surface area contributed by atoms with Gasteiger partial charge in [-0.25, -0.2) is 4.79 Å². The highest BCUT2D eigenvalue weighted by Crippen LogP contribution is 2.22. The Balaban J connectivity index is 1.90. The average Bonchev–Trinajstić information content (AvgIpc) is 2.70. The molecule has 2 aromatic carbocycles. The summed E-state index contributed by atoms with van der Waals surface area (Å²) in [6, 6.07) is 11.0. The van der Waals surface area contributed by atoms with Gasteiger partial charge in [-0.15, -0.1) is 0 Å². The molecular formula is C20H23ClN4O4. The van der Waals surface area contributed by atoms with Gasteiger partial charge in [0.15, 0.2) is 0 Å². The number of rotatable bonds is 6. The molecule has 4 N–H and O–H groups in total. The van der Waals surface area contributed by atoms with Crippen molar-refractivity contribution in [3.8, 4) is 5.75 Å². The van der Waals surface area contributed by atoms with Gasteiger partial charge in [0.2, 0.25) is 0 Å². The summed E-state index contributed by atoms with van der Waals surface area (Å²) in [6.07, 6.45) is 0. The third kappa shape index (κ3) is 6.69. The third-order valence-corrected chi connectivity index (χ3v) is 4.02. The predicted octanol–water partition coefficient (Wildman–Crippen LogP) is 2.63. The molecule has 0 aromatic heterocycles. The van der Waals surface area contributed by atoms with Crippen molar-refractivity contribution in [3.05, 3.63) is 64.2 Å². The smallest absolute Gasteiger partial charge is 0.315 e. The molecular weight excluding hydrogens is 396 g/mol. The molecule has 4 amide bonds. The van der Waals surface area contributed by atoms with E-state index in [9.17, 15) is 14.4 Å². The Morgan fingerprint density at radius 3 is 2.28 bits per heavy atom. The lowest BCUT2D eigenvalue weighted by Crippen LogP contribution is -2.41. The van der Waals surface area contributed by atoms with Crippen LogP contribution in [0.25, 0.3) is 0 Å². The summed E-state index contributed by atoms with van der Waals surface area (Å²) in [4.78, 5) is 36.1. The molecule has 2 aromatic rings. The maximum absolute atomic E-state index is 12.3. The predicted molar refractivity (Wildman–Crippen MR) is 110 cm³/mol. The summed E-state index contributed by atoms with van der Waals surface area (Å²) in [6.45, 7) is 4.06. The number of hydrazine groups is 1. The fourth-order valence-corrected chi connectivity index (χ4v) is 2.55. The van der Waals surface area contributed by atoms with E-state index >= 15 is 0 Å². The highest BCUT2D eigenvalue weighted by molar-refractivity contribution is 6.31. The molecule has 9 heteroatoms. The fraction of sp³-hybridized carbons (Fsp3) is 0.250. The van der Waals surface area contributed by atoms with Crippen molar-refractivity contribution in [1.29, 1.82) is 0 Å². The number of hydrogen-bond donors (Lipinski definition) is 4. The first-order chi connectivity index (χ1) is 13.8. The van der Waals surface area contributed by atoms with Crippen LogP contribution >= 0.6 is 11.6 Å². The molecule has 0 saturated carbocycles. The molecule has 0 heterocycles. The largest absolute Gasteiger partial charge is 0.496 e. The first-order valence-electron chi connectivity index (χ1n) is 8.87. The van der Waals surface area contributed by atoms with Crippen LogP contribution in [0.2, 0.25) is 5.02 Å². The van der Waals surface area contributed by atoms with E-state index in [0.29, 0.717) is 22.9 Å². The Morgan fingerprint density at radius 1 is 1.00 bits per heavy atom. The van der Waals surface area contributed by atoms with Gasteiger partial charge in [0.05, 0.1) is 12.7 Å². The number of carbonyl (C=O) groups is 3.